The minimum atomic E-state index is -0.0588. The van der Waals surface area contributed by atoms with E-state index in [4.69, 9.17) is 9.15 Å². The molecule has 0 saturated heterocycles. The third-order valence-electron chi connectivity index (χ3n) is 4.17. The summed E-state index contributed by atoms with van der Waals surface area (Å²) in [6.45, 7) is 4.19. The van der Waals surface area contributed by atoms with Crippen molar-refractivity contribution in [3.63, 3.8) is 0 Å². The first-order valence-electron chi connectivity index (χ1n) is 8.09. The molecule has 25 heavy (non-hydrogen) atoms. The molecule has 0 N–H and O–H groups in total. The normalized spacial score (nSPS) is 16.2. The fourth-order valence-corrected chi connectivity index (χ4v) is 2.92. The summed E-state index contributed by atoms with van der Waals surface area (Å²) < 4.78 is 11.1. The minimum Gasteiger partial charge on any atom is -0.489 e. The molecule has 0 radical (unpaired) electrons. The van der Waals surface area contributed by atoms with Gasteiger partial charge in [-0.05, 0) is 43.3 Å². The van der Waals surface area contributed by atoms with E-state index in [1.807, 2.05) is 43.3 Å². The van der Waals surface area contributed by atoms with E-state index in [9.17, 15) is 4.79 Å². The number of ether oxygens (including phenoxy) is 1. The zero-order chi connectivity index (χ0) is 17.4. The first-order valence-corrected chi connectivity index (χ1v) is 8.09. The van der Waals surface area contributed by atoms with Gasteiger partial charge < -0.3 is 9.15 Å². The van der Waals surface area contributed by atoms with Crippen LogP contribution in [-0.4, -0.2) is 28.8 Å². The van der Waals surface area contributed by atoms with Crippen molar-refractivity contribution in [3.05, 3.63) is 60.0 Å². The Morgan fingerprint density at radius 2 is 1.88 bits per heavy atom. The molecule has 1 aromatic heterocycles. The lowest BCUT2D eigenvalue weighted by atomic mass is 10.1. The van der Waals surface area contributed by atoms with Gasteiger partial charge in [0.15, 0.2) is 0 Å². The maximum Gasteiger partial charge on any atom is 0.258 e. The van der Waals surface area contributed by atoms with Crippen LogP contribution in [0.3, 0.4) is 0 Å². The standard InChI is InChI=1S/C19H17N3O3/c1-12-11-24-17-6-4-3-5-16(17)22(12)19(23)15-9-7-14(8-10-15)18-21-20-13(2)25-18/h3-10,12H,11H2,1-2H3. The smallest absolute Gasteiger partial charge is 0.258 e. The summed E-state index contributed by atoms with van der Waals surface area (Å²) in [5.74, 6) is 1.62. The molecule has 126 valence electrons. The molecule has 0 fully saturated rings. The molecule has 2 heterocycles. The number of fused-ring (bicyclic) bond motifs is 1. The quantitative estimate of drug-likeness (QED) is 0.717. The van der Waals surface area contributed by atoms with E-state index in [1.54, 1.807) is 24.0 Å². The Morgan fingerprint density at radius 3 is 2.60 bits per heavy atom. The number of para-hydroxylation sites is 2. The summed E-state index contributed by atoms with van der Waals surface area (Å²) >= 11 is 0. The predicted octanol–water partition coefficient (Wildman–Crippen LogP) is 3.47. The zero-order valence-electron chi connectivity index (χ0n) is 14.0. The van der Waals surface area contributed by atoms with E-state index in [1.165, 1.54) is 0 Å². The van der Waals surface area contributed by atoms with Crippen LogP contribution in [0.15, 0.2) is 52.9 Å². The average molecular weight is 335 g/mol. The Balaban J connectivity index is 1.65. The van der Waals surface area contributed by atoms with E-state index in [-0.39, 0.29) is 11.9 Å². The highest BCUT2D eigenvalue weighted by Crippen LogP contribution is 2.34. The number of hydrogen-bond acceptors (Lipinski definition) is 5. The molecule has 1 atom stereocenters. The van der Waals surface area contributed by atoms with E-state index < -0.39 is 0 Å². The lowest BCUT2D eigenvalue weighted by Gasteiger charge is -2.35. The van der Waals surface area contributed by atoms with Crippen molar-refractivity contribution < 1.29 is 13.9 Å². The van der Waals surface area contributed by atoms with Gasteiger partial charge >= 0.3 is 0 Å². The molecular weight excluding hydrogens is 318 g/mol. The van der Waals surface area contributed by atoms with Gasteiger partial charge in [0.05, 0.1) is 11.7 Å². The van der Waals surface area contributed by atoms with Crippen molar-refractivity contribution in [1.82, 2.24) is 10.2 Å². The first kappa shape index (κ1) is 15.4. The number of carbonyl (C=O) groups is 1. The monoisotopic (exact) mass is 335 g/mol. The minimum absolute atomic E-state index is 0.0410. The number of aryl methyl sites for hydroxylation is 1. The van der Waals surface area contributed by atoms with E-state index in [2.05, 4.69) is 10.2 Å². The van der Waals surface area contributed by atoms with E-state index in [0.717, 1.165) is 17.0 Å². The van der Waals surface area contributed by atoms with Gasteiger partial charge in [-0.2, -0.15) is 0 Å². The van der Waals surface area contributed by atoms with Crippen molar-refractivity contribution >= 4 is 11.6 Å². The van der Waals surface area contributed by atoms with Crippen LogP contribution < -0.4 is 9.64 Å². The molecule has 1 aliphatic rings. The van der Waals surface area contributed by atoms with Gasteiger partial charge in [-0.25, -0.2) is 0 Å². The topological polar surface area (TPSA) is 68.5 Å². The summed E-state index contributed by atoms with van der Waals surface area (Å²) in [5.41, 5.74) is 2.18. The van der Waals surface area contributed by atoms with Crippen LogP contribution in [0.5, 0.6) is 5.75 Å². The van der Waals surface area contributed by atoms with Crippen molar-refractivity contribution in [1.29, 1.82) is 0 Å². The molecule has 0 aliphatic carbocycles. The summed E-state index contributed by atoms with van der Waals surface area (Å²) in [5, 5.41) is 7.82. The first-order chi connectivity index (χ1) is 12.1. The molecule has 1 aliphatic heterocycles. The maximum absolute atomic E-state index is 13.0. The number of hydrogen-bond donors (Lipinski definition) is 0. The molecular formula is C19H17N3O3. The Kier molecular flexibility index (Phi) is 3.72. The number of amides is 1. The second-order valence-corrected chi connectivity index (χ2v) is 6.01. The van der Waals surface area contributed by atoms with Gasteiger partial charge in [0.25, 0.3) is 5.91 Å². The number of aromatic nitrogens is 2. The van der Waals surface area contributed by atoms with E-state index >= 15 is 0 Å². The van der Waals surface area contributed by atoms with Gasteiger partial charge in [-0.15, -0.1) is 10.2 Å². The van der Waals surface area contributed by atoms with Gasteiger partial charge in [-0.1, -0.05) is 12.1 Å². The highest BCUT2D eigenvalue weighted by Gasteiger charge is 2.30. The number of carbonyl (C=O) groups excluding carboxylic acids is 1. The molecule has 1 amide bonds. The van der Waals surface area contributed by atoms with Crippen LogP contribution >= 0.6 is 0 Å². The van der Waals surface area contributed by atoms with Crippen molar-refractivity contribution in [2.24, 2.45) is 0 Å². The second kappa shape index (κ2) is 6.05. The number of nitrogens with zero attached hydrogens (tertiary/aromatic N) is 3. The summed E-state index contributed by atoms with van der Waals surface area (Å²) in [6, 6.07) is 14.7. The predicted molar refractivity (Wildman–Crippen MR) is 92.7 cm³/mol. The fraction of sp³-hybridized carbons (Fsp3) is 0.211. The summed E-state index contributed by atoms with van der Waals surface area (Å²) in [7, 11) is 0. The lowest BCUT2D eigenvalue weighted by Crippen LogP contribution is -2.45. The average Bonchev–Trinajstić information content (AvgIpc) is 3.08. The van der Waals surface area contributed by atoms with Gasteiger partial charge in [0.1, 0.15) is 12.4 Å². The molecule has 6 heteroatoms. The van der Waals surface area contributed by atoms with Crippen molar-refractivity contribution in [3.8, 4) is 17.2 Å². The SMILES string of the molecule is Cc1nnc(-c2ccc(C(=O)N3c4ccccc4OCC3C)cc2)o1. The van der Waals surface area contributed by atoms with Crippen molar-refractivity contribution in [2.75, 3.05) is 11.5 Å². The fourth-order valence-electron chi connectivity index (χ4n) is 2.92. The van der Waals surface area contributed by atoms with Crippen LogP contribution in [0.2, 0.25) is 0 Å². The number of anilines is 1. The highest BCUT2D eigenvalue weighted by molar-refractivity contribution is 6.07. The molecule has 2 aromatic carbocycles. The number of benzene rings is 2. The van der Waals surface area contributed by atoms with Crippen molar-refractivity contribution in [2.45, 2.75) is 19.9 Å². The van der Waals surface area contributed by atoms with Crippen LogP contribution in [0.4, 0.5) is 5.69 Å². The maximum atomic E-state index is 13.0. The number of rotatable bonds is 2. The molecule has 4 rings (SSSR count). The van der Waals surface area contributed by atoms with Gasteiger partial charge in [0, 0.05) is 18.1 Å². The molecule has 0 spiro atoms. The lowest BCUT2D eigenvalue weighted by molar-refractivity contribution is 0.0961. The summed E-state index contributed by atoms with van der Waals surface area (Å²) in [6.07, 6.45) is 0. The molecule has 6 nitrogen and oxygen atoms in total. The second-order valence-electron chi connectivity index (χ2n) is 6.01. The molecule has 0 bridgehead atoms. The Bertz CT molecular complexity index is 918. The molecule has 0 saturated carbocycles. The Labute approximate surface area is 145 Å². The largest absolute Gasteiger partial charge is 0.489 e. The van der Waals surface area contributed by atoms with Crippen LogP contribution in [0.25, 0.3) is 11.5 Å². The Hall–Kier alpha value is -3.15. The molecule has 3 aromatic rings. The third-order valence-corrected chi connectivity index (χ3v) is 4.17. The van der Waals surface area contributed by atoms with Crippen LogP contribution in [-0.2, 0) is 0 Å². The van der Waals surface area contributed by atoms with E-state index in [0.29, 0.717) is 24.0 Å². The highest BCUT2D eigenvalue weighted by atomic mass is 16.5. The summed E-state index contributed by atoms with van der Waals surface area (Å²) in [4.78, 5) is 14.8. The third kappa shape index (κ3) is 2.76. The van der Waals surface area contributed by atoms with Gasteiger partial charge in [-0.3, -0.25) is 9.69 Å². The van der Waals surface area contributed by atoms with Crippen LogP contribution in [0.1, 0.15) is 23.2 Å². The zero-order valence-corrected chi connectivity index (χ0v) is 14.0. The Morgan fingerprint density at radius 1 is 1.12 bits per heavy atom. The van der Waals surface area contributed by atoms with Gasteiger partial charge in [0.2, 0.25) is 11.8 Å². The van der Waals surface area contributed by atoms with Crippen LogP contribution in [0, 0.1) is 6.92 Å². The molecule has 1 unspecified atom stereocenters.